The Morgan fingerprint density at radius 1 is 1.28 bits per heavy atom. The predicted octanol–water partition coefficient (Wildman–Crippen LogP) is 2.97. The van der Waals surface area contributed by atoms with Crippen molar-refractivity contribution in [3.63, 3.8) is 0 Å². The van der Waals surface area contributed by atoms with Crippen LogP contribution in [-0.4, -0.2) is 18.5 Å². The Morgan fingerprint density at radius 2 is 2.00 bits per heavy atom. The number of hydrogen-bond donors (Lipinski definition) is 1. The van der Waals surface area contributed by atoms with Gasteiger partial charge in [-0.25, -0.2) is 4.79 Å². The normalized spacial score (nSPS) is 10.1. The van der Waals surface area contributed by atoms with E-state index in [0.29, 0.717) is 5.56 Å². The molecule has 0 fully saturated rings. The number of rotatable bonds is 6. The summed E-state index contributed by atoms with van der Waals surface area (Å²) in [6, 6.07) is 9.45. The van der Waals surface area contributed by atoms with Gasteiger partial charge in [0, 0.05) is 5.56 Å². The van der Waals surface area contributed by atoms with Gasteiger partial charge in [-0.15, -0.1) is 11.3 Å². The monoisotopic (exact) mass is 358 g/mol. The van der Waals surface area contributed by atoms with Crippen LogP contribution in [0.15, 0.2) is 24.3 Å². The van der Waals surface area contributed by atoms with Crippen LogP contribution in [-0.2, 0) is 27.3 Å². The number of thiophene rings is 1. The highest BCUT2D eigenvalue weighted by Gasteiger charge is 2.23. The molecule has 0 atom stereocenters. The summed E-state index contributed by atoms with van der Waals surface area (Å²) < 4.78 is 10.2. The Morgan fingerprint density at radius 3 is 2.64 bits per heavy atom. The highest BCUT2D eigenvalue weighted by Crippen LogP contribution is 2.31. The highest BCUT2D eigenvalue weighted by atomic mass is 32.1. The lowest BCUT2D eigenvalue weighted by atomic mass is 10.1. The lowest BCUT2D eigenvalue weighted by Gasteiger charge is -2.08. The Kier molecular flexibility index (Phi) is 6.14. The second kappa shape index (κ2) is 8.31. The van der Waals surface area contributed by atoms with Crippen LogP contribution in [0.25, 0.3) is 0 Å². The summed E-state index contributed by atoms with van der Waals surface area (Å²) in [4.78, 5) is 24.3. The first-order chi connectivity index (χ1) is 12.0. The molecule has 1 aromatic carbocycles. The van der Waals surface area contributed by atoms with E-state index in [-0.39, 0.29) is 35.1 Å². The number of hydrogen-bond acceptors (Lipinski definition) is 7. The fourth-order valence-electron chi connectivity index (χ4n) is 2.27. The smallest absolute Gasteiger partial charge is 0.348 e. The maximum absolute atomic E-state index is 12.1. The van der Waals surface area contributed by atoms with Crippen LogP contribution in [0.2, 0.25) is 0 Å². The fourth-order valence-corrected chi connectivity index (χ4v) is 3.19. The molecule has 0 saturated heterocycles. The van der Waals surface area contributed by atoms with Crippen molar-refractivity contribution in [1.29, 1.82) is 5.26 Å². The van der Waals surface area contributed by atoms with Gasteiger partial charge in [0.15, 0.2) is 0 Å². The minimum Gasteiger partial charge on any atom is -0.462 e. The van der Waals surface area contributed by atoms with Crippen LogP contribution in [0, 0.1) is 18.3 Å². The molecule has 0 spiro atoms. The lowest BCUT2D eigenvalue weighted by molar-refractivity contribution is -0.144. The number of nitrogens with two attached hydrogens (primary N) is 1. The van der Waals surface area contributed by atoms with Crippen LogP contribution >= 0.6 is 11.3 Å². The van der Waals surface area contributed by atoms with Gasteiger partial charge < -0.3 is 15.2 Å². The topological polar surface area (TPSA) is 102 Å². The summed E-state index contributed by atoms with van der Waals surface area (Å²) in [5.41, 5.74) is 8.08. The quantitative estimate of drug-likeness (QED) is 0.796. The van der Waals surface area contributed by atoms with Crippen molar-refractivity contribution in [3.05, 3.63) is 51.4 Å². The number of carbonyl (C=O) groups is 2. The molecule has 0 aliphatic heterocycles. The molecule has 130 valence electrons. The number of aryl methyl sites for hydroxylation is 1. The van der Waals surface area contributed by atoms with Gasteiger partial charge in [0.05, 0.1) is 18.6 Å². The van der Waals surface area contributed by atoms with Gasteiger partial charge in [-0.1, -0.05) is 24.3 Å². The molecule has 0 amide bonds. The summed E-state index contributed by atoms with van der Waals surface area (Å²) >= 11 is 0.961. The number of nitrogen functional groups attached to an aromatic ring is 1. The number of carbonyl (C=O) groups excluding carboxylic acids is 2. The summed E-state index contributed by atoms with van der Waals surface area (Å²) in [6.07, 6.45) is 0.114. The fraction of sp³-hybridized carbons (Fsp3) is 0.278. The molecule has 6 nitrogen and oxygen atoms in total. The van der Waals surface area contributed by atoms with E-state index in [4.69, 9.17) is 15.2 Å². The van der Waals surface area contributed by atoms with Crippen molar-refractivity contribution in [2.75, 3.05) is 12.3 Å². The molecule has 1 aromatic heterocycles. The van der Waals surface area contributed by atoms with Crippen LogP contribution in [0.1, 0.15) is 38.8 Å². The number of nitriles is 1. The number of anilines is 1. The molecular formula is C18H18N2O4S. The Hall–Kier alpha value is -2.85. The third-order valence-electron chi connectivity index (χ3n) is 3.58. The van der Waals surface area contributed by atoms with E-state index in [1.54, 1.807) is 6.92 Å². The minimum absolute atomic E-state index is 0.114. The van der Waals surface area contributed by atoms with E-state index in [9.17, 15) is 14.9 Å². The molecule has 1 heterocycles. The second-order valence-electron chi connectivity index (χ2n) is 5.25. The molecular weight excluding hydrogens is 340 g/mol. The lowest BCUT2D eigenvalue weighted by Crippen LogP contribution is -2.12. The van der Waals surface area contributed by atoms with E-state index in [2.05, 4.69) is 0 Å². The first-order valence-corrected chi connectivity index (χ1v) is 8.48. The van der Waals surface area contributed by atoms with E-state index in [1.807, 2.05) is 37.3 Å². The SMILES string of the molecule is CCOC(=O)c1sc(N)c(C#N)c1COC(=O)Cc1ccccc1C. The van der Waals surface area contributed by atoms with E-state index in [1.165, 1.54) is 0 Å². The molecule has 25 heavy (non-hydrogen) atoms. The average molecular weight is 358 g/mol. The number of nitrogens with zero attached hydrogens (tertiary/aromatic N) is 1. The largest absolute Gasteiger partial charge is 0.462 e. The molecule has 0 bridgehead atoms. The average Bonchev–Trinajstić information content (AvgIpc) is 2.91. The summed E-state index contributed by atoms with van der Waals surface area (Å²) in [5, 5.41) is 9.45. The summed E-state index contributed by atoms with van der Waals surface area (Å²) in [6.45, 7) is 3.59. The van der Waals surface area contributed by atoms with Crippen LogP contribution in [0.3, 0.4) is 0 Å². The van der Waals surface area contributed by atoms with Gasteiger partial charge in [0.25, 0.3) is 0 Å². The molecule has 0 aliphatic carbocycles. The van der Waals surface area contributed by atoms with E-state index >= 15 is 0 Å². The molecule has 0 aliphatic rings. The van der Waals surface area contributed by atoms with Crippen molar-refractivity contribution in [3.8, 4) is 6.07 Å². The van der Waals surface area contributed by atoms with Crippen molar-refractivity contribution in [2.45, 2.75) is 26.9 Å². The van der Waals surface area contributed by atoms with Crippen molar-refractivity contribution in [2.24, 2.45) is 0 Å². The zero-order chi connectivity index (χ0) is 18.4. The van der Waals surface area contributed by atoms with Gasteiger partial charge in [-0.3, -0.25) is 4.79 Å². The maximum atomic E-state index is 12.1. The van der Waals surface area contributed by atoms with Crippen molar-refractivity contribution < 1.29 is 19.1 Å². The van der Waals surface area contributed by atoms with Gasteiger partial charge in [-0.05, 0) is 25.0 Å². The third kappa shape index (κ3) is 4.37. The molecule has 2 N–H and O–H groups in total. The predicted molar refractivity (Wildman–Crippen MR) is 94.1 cm³/mol. The first kappa shape index (κ1) is 18.5. The standard InChI is InChI=1S/C18H18N2O4S/c1-3-23-18(22)16-14(13(9-19)17(20)25-16)10-24-15(21)8-12-7-5-4-6-11(12)2/h4-7H,3,8,10,20H2,1-2H3. The first-order valence-electron chi connectivity index (χ1n) is 7.66. The van der Waals surface area contributed by atoms with E-state index in [0.717, 1.165) is 22.5 Å². The Balaban J connectivity index is 2.14. The van der Waals surface area contributed by atoms with Crippen LogP contribution in [0.4, 0.5) is 5.00 Å². The van der Waals surface area contributed by atoms with E-state index < -0.39 is 11.9 Å². The summed E-state index contributed by atoms with van der Waals surface area (Å²) in [5.74, 6) is -1.02. The molecule has 2 aromatic rings. The minimum atomic E-state index is -0.578. The molecule has 2 rings (SSSR count). The summed E-state index contributed by atoms with van der Waals surface area (Å²) in [7, 11) is 0. The number of esters is 2. The van der Waals surface area contributed by atoms with Crippen molar-refractivity contribution >= 4 is 28.3 Å². The molecule has 0 radical (unpaired) electrons. The van der Waals surface area contributed by atoms with Gasteiger partial charge in [0.1, 0.15) is 22.6 Å². The molecule has 7 heteroatoms. The number of ether oxygens (including phenoxy) is 2. The third-order valence-corrected chi connectivity index (χ3v) is 4.62. The zero-order valence-corrected chi connectivity index (χ0v) is 14.8. The highest BCUT2D eigenvalue weighted by molar-refractivity contribution is 7.18. The van der Waals surface area contributed by atoms with Gasteiger partial charge in [0.2, 0.25) is 0 Å². The van der Waals surface area contributed by atoms with Crippen LogP contribution < -0.4 is 5.73 Å². The zero-order valence-electron chi connectivity index (χ0n) is 14.0. The van der Waals surface area contributed by atoms with Gasteiger partial charge >= 0.3 is 11.9 Å². The molecule has 0 saturated carbocycles. The Bertz CT molecular complexity index is 836. The number of benzene rings is 1. The maximum Gasteiger partial charge on any atom is 0.348 e. The van der Waals surface area contributed by atoms with Gasteiger partial charge in [-0.2, -0.15) is 5.26 Å². The van der Waals surface area contributed by atoms with Crippen molar-refractivity contribution in [1.82, 2.24) is 0 Å². The van der Waals surface area contributed by atoms with Crippen LogP contribution in [0.5, 0.6) is 0 Å². The second-order valence-corrected chi connectivity index (χ2v) is 6.30. The Labute approximate surface area is 149 Å². The molecule has 0 unspecified atom stereocenters.